The van der Waals surface area contributed by atoms with Crippen LogP contribution in [0.15, 0.2) is 45.6 Å². The highest BCUT2D eigenvalue weighted by Gasteiger charge is 2.58. The molecule has 0 aliphatic heterocycles. The minimum atomic E-state index is -0.889. The summed E-state index contributed by atoms with van der Waals surface area (Å²) >= 11 is 0. The molecule has 5 nitrogen and oxygen atoms in total. The number of benzene rings is 1. The maximum atomic E-state index is 14.3. The summed E-state index contributed by atoms with van der Waals surface area (Å²) in [4.78, 5) is 12.0. The van der Waals surface area contributed by atoms with Gasteiger partial charge in [-0.2, -0.15) is 5.10 Å². The average Bonchev–Trinajstić information content (AvgIpc) is 2.84. The topological polar surface area (TPSA) is 76.2 Å². The molecule has 2 heterocycles. The van der Waals surface area contributed by atoms with Crippen molar-refractivity contribution < 1.29 is 18.3 Å². The molecule has 3 aromatic rings. The van der Waals surface area contributed by atoms with Gasteiger partial charge in [0, 0.05) is 6.07 Å². The monoisotopic (exact) mass is 412 g/mol. The average molecular weight is 412 g/mol. The van der Waals surface area contributed by atoms with E-state index >= 15 is 0 Å². The Morgan fingerprint density at radius 2 is 1.77 bits per heavy atom. The molecule has 2 aromatic heterocycles. The molecule has 1 aliphatic rings. The zero-order chi connectivity index (χ0) is 21.8. The lowest BCUT2D eigenvalue weighted by atomic mass is 9.62. The first-order valence-corrected chi connectivity index (χ1v) is 9.78. The molecule has 0 unspecified atom stereocenters. The molecule has 0 saturated carbocycles. The van der Waals surface area contributed by atoms with E-state index in [-0.39, 0.29) is 28.7 Å². The summed E-state index contributed by atoms with van der Waals surface area (Å²) in [5.41, 5.74) is -0.799. The van der Waals surface area contributed by atoms with Gasteiger partial charge in [-0.3, -0.25) is 0 Å². The Balaban J connectivity index is 1.99. The standard InChI is InChI=1S/C23H22F2N2O3/c1-5-14-13-11-17(20-15(24)7-6-8-16(20)25)26-27-21(13)23(4,22(14,2)3)18-9-12(28)10-19(29)30-18/h6-11,14,28H,5H2,1-4H3/t14-,23-/m0/s1. The Morgan fingerprint density at radius 3 is 2.37 bits per heavy atom. The van der Waals surface area contributed by atoms with E-state index in [1.165, 1.54) is 24.3 Å². The normalized spacial score (nSPS) is 22.1. The van der Waals surface area contributed by atoms with Crippen LogP contribution in [-0.4, -0.2) is 15.3 Å². The fourth-order valence-electron chi connectivity index (χ4n) is 4.84. The van der Waals surface area contributed by atoms with Crippen molar-refractivity contribution in [3.8, 4) is 17.0 Å². The van der Waals surface area contributed by atoms with Crippen LogP contribution in [0.4, 0.5) is 8.78 Å². The third-order valence-electron chi connectivity index (χ3n) is 6.71. The molecule has 1 N–H and O–H groups in total. The van der Waals surface area contributed by atoms with Gasteiger partial charge in [-0.25, -0.2) is 13.6 Å². The van der Waals surface area contributed by atoms with Crippen molar-refractivity contribution in [2.24, 2.45) is 5.41 Å². The molecular formula is C23H22F2N2O3. The zero-order valence-corrected chi connectivity index (χ0v) is 17.2. The van der Waals surface area contributed by atoms with Crippen LogP contribution < -0.4 is 5.63 Å². The number of aromatic nitrogens is 2. The minimum absolute atomic E-state index is 0.0470. The third kappa shape index (κ3) is 2.68. The number of rotatable bonds is 3. The highest BCUT2D eigenvalue weighted by atomic mass is 19.1. The second kappa shape index (κ2) is 6.72. The van der Waals surface area contributed by atoms with Crippen LogP contribution >= 0.6 is 0 Å². The Kier molecular flexibility index (Phi) is 4.52. The van der Waals surface area contributed by atoms with Crippen LogP contribution in [0.2, 0.25) is 0 Å². The van der Waals surface area contributed by atoms with Gasteiger partial charge in [0.25, 0.3) is 0 Å². The Hall–Kier alpha value is -3.09. The molecule has 7 heteroatoms. The summed E-state index contributed by atoms with van der Waals surface area (Å²) in [5, 5.41) is 18.5. The zero-order valence-electron chi connectivity index (χ0n) is 17.2. The van der Waals surface area contributed by atoms with Crippen molar-refractivity contribution in [2.45, 2.75) is 45.4 Å². The molecule has 0 bridgehead atoms. The van der Waals surface area contributed by atoms with Gasteiger partial charge in [0.15, 0.2) is 0 Å². The van der Waals surface area contributed by atoms with E-state index in [0.29, 0.717) is 5.69 Å². The third-order valence-corrected chi connectivity index (χ3v) is 6.71. The molecule has 30 heavy (non-hydrogen) atoms. The number of aromatic hydroxyl groups is 1. The summed E-state index contributed by atoms with van der Waals surface area (Å²) in [6.45, 7) is 7.95. The molecule has 0 amide bonds. The van der Waals surface area contributed by atoms with E-state index < -0.39 is 28.1 Å². The fraction of sp³-hybridized carbons (Fsp3) is 0.348. The van der Waals surface area contributed by atoms with E-state index in [1.807, 2.05) is 27.7 Å². The number of nitrogens with zero attached hydrogens (tertiary/aromatic N) is 2. The van der Waals surface area contributed by atoms with Crippen LogP contribution in [0.1, 0.15) is 57.1 Å². The van der Waals surface area contributed by atoms with E-state index in [4.69, 9.17) is 4.42 Å². The number of hydrogen-bond acceptors (Lipinski definition) is 5. The van der Waals surface area contributed by atoms with Crippen molar-refractivity contribution >= 4 is 0 Å². The van der Waals surface area contributed by atoms with Gasteiger partial charge in [0.1, 0.15) is 23.1 Å². The first-order chi connectivity index (χ1) is 14.1. The summed E-state index contributed by atoms with van der Waals surface area (Å²) in [6.07, 6.45) is 0.726. The molecule has 156 valence electrons. The number of halogens is 2. The Bertz CT molecular complexity index is 1190. The molecule has 4 rings (SSSR count). The summed E-state index contributed by atoms with van der Waals surface area (Å²) in [6, 6.07) is 7.75. The molecule has 2 atom stereocenters. The van der Waals surface area contributed by atoms with Crippen LogP contribution in [0.5, 0.6) is 5.75 Å². The van der Waals surface area contributed by atoms with Gasteiger partial charge < -0.3 is 9.52 Å². The molecule has 0 radical (unpaired) electrons. The van der Waals surface area contributed by atoms with Crippen LogP contribution in [-0.2, 0) is 5.41 Å². The van der Waals surface area contributed by atoms with Crippen molar-refractivity contribution in [1.82, 2.24) is 10.2 Å². The van der Waals surface area contributed by atoms with E-state index in [0.717, 1.165) is 18.1 Å². The fourth-order valence-corrected chi connectivity index (χ4v) is 4.84. The molecule has 0 saturated heterocycles. The second-order valence-electron chi connectivity index (χ2n) is 8.44. The van der Waals surface area contributed by atoms with Gasteiger partial charge in [-0.15, -0.1) is 5.10 Å². The lowest BCUT2D eigenvalue weighted by molar-refractivity contribution is 0.163. The predicted molar refractivity (Wildman–Crippen MR) is 107 cm³/mol. The first kappa shape index (κ1) is 20.2. The van der Waals surface area contributed by atoms with Crippen LogP contribution in [0.25, 0.3) is 11.3 Å². The highest BCUT2D eigenvalue weighted by molar-refractivity contribution is 5.63. The largest absolute Gasteiger partial charge is 0.508 e. The lowest BCUT2D eigenvalue weighted by Gasteiger charge is -2.40. The first-order valence-electron chi connectivity index (χ1n) is 9.78. The maximum absolute atomic E-state index is 14.3. The highest BCUT2D eigenvalue weighted by Crippen LogP contribution is 2.62. The summed E-state index contributed by atoms with van der Waals surface area (Å²) < 4.78 is 34.2. The SMILES string of the molecule is CC[C@H]1c2cc(-c3c(F)cccc3F)nnc2[C@](C)(c2cc(O)cc(=O)o2)C1(C)C. The summed E-state index contributed by atoms with van der Waals surface area (Å²) in [7, 11) is 0. The predicted octanol–water partition coefficient (Wildman–Crippen LogP) is 4.92. The van der Waals surface area contributed by atoms with Crippen LogP contribution in [0.3, 0.4) is 0 Å². The van der Waals surface area contributed by atoms with Gasteiger partial charge in [0.2, 0.25) is 0 Å². The van der Waals surface area contributed by atoms with Crippen molar-refractivity contribution in [2.75, 3.05) is 0 Å². The van der Waals surface area contributed by atoms with Gasteiger partial charge >= 0.3 is 5.63 Å². The van der Waals surface area contributed by atoms with Crippen molar-refractivity contribution in [1.29, 1.82) is 0 Å². The number of fused-ring (bicyclic) bond motifs is 1. The smallest absolute Gasteiger partial charge is 0.339 e. The van der Waals surface area contributed by atoms with Crippen molar-refractivity contribution in [3.63, 3.8) is 0 Å². The summed E-state index contributed by atoms with van der Waals surface area (Å²) in [5.74, 6) is -1.39. The quantitative estimate of drug-likeness (QED) is 0.661. The van der Waals surface area contributed by atoms with Gasteiger partial charge in [-0.05, 0) is 48.4 Å². The second-order valence-corrected chi connectivity index (χ2v) is 8.44. The van der Waals surface area contributed by atoms with Crippen molar-refractivity contribution in [3.05, 3.63) is 75.5 Å². The Labute approximate surface area is 172 Å². The molecule has 0 fully saturated rings. The molecule has 1 aliphatic carbocycles. The molecule has 1 aromatic carbocycles. The van der Waals surface area contributed by atoms with Gasteiger partial charge in [0.05, 0.1) is 28.4 Å². The van der Waals surface area contributed by atoms with E-state index in [9.17, 15) is 18.7 Å². The molecular weight excluding hydrogens is 390 g/mol. The van der Waals surface area contributed by atoms with Crippen LogP contribution in [0, 0.1) is 17.0 Å². The number of hydrogen-bond donors (Lipinski definition) is 1. The van der Waals surface area contributed by atoms with E-state index in [2.05, 4.69) is 10.2 Å². The molecule has 0 spiro atoms. The van der Waals surface area contributed by atoms with Gasteiger partial charge in [-0.1, -0.05) is 26.8 Å². The van der Waals surface area contributed by atoms with E-state index in [1.54, 1.807) is 6.07 Å². The lowest BCUT2D eigenvalue weighted by Crippen LogP contribution is -2.39. The minimum Gasteiger partial charge on any atom is -0.508 e. The maximum Gasteiger partial charge on any atom is 0.339 e. The Morgan fingerprint density at radius 1 is 1.10 bits per heavy atom.